The van der Waals surface area contributed by atoms with Crippen LogP contribution in [-0.2, 0) is 6.54 Å². The molecule has 0 fully saturated rings. The minimum atomic E-state index is -0.478. The molecular weight excluding hydrogens is 282 g/mol. The summed E-state index contributed by atoms with van der Waals surface area (Å²) in [5.41, 5.74) is 1.52. The summed E-state index contributed by atoms with van der Waals surface area (Å²) in [7, 11) is 0. The third-order valence-corrected chi connectivity index (χ3v) is 3.48. The first-order chi connectivity index (χ1) is 10.3. The molecule has 2 rings (SSSR count). The van der Waals surface area contributed by atoms with Gasteiger partial charge in [0, 0.05) is 17.8 Å². The number of hydrogen-bond donors (Lipinski definition) is 2. The predicted octanol–water partition coefficient (Wildman–Crippen LogP) is 2.03. The number of carbonyl (C=O) groups excluding carboxylic acids is 1. The van der Waals surface area contributed by atoms with Crippen LogP contribution in [0, 0.1) is 13.8 Å². The summed E-state index contributed by atoms with van der Waals surface area (Å²) < 4.78 is 7.44. The van der Waals surface area contributed by atoms with Gasteiger partial charge in [0.1, 0.15) is 5.76 Å². The number of hydrogen-bond acceptors (Lipinski definition) is 4. The topological polar surface area (TPSA) is 80.3 Å². The highest BCUT2D eigenvalue weighted by Crippen LogP contribution is 2.14. The largest absolute Gasteiger partial charge is 0.454 e. The number of nitrogens with zero attached hydrogens (tertiary/aromatic N) is 2. The molecule has 0 saturated carbocycles. The Morgan fingerprint density at radius 1 is 1.41 bits per heavy atom. The average molecular weight is 305 g/mol. The summed E-state index contributed by atoms with van der Waals surface area (Å²) in [6.45, 7) is 8.16. The van der Waals surface area contributed by atoms with Crippen molar-refractivity contribution in [1.29, 1.82) is 0 Å². The highest BCUT2D eigenvalue weighted by Gasteiger charge is 2.22. The third-order valence-electron chi connectivity index (χ3n) is 3.48. The lowest BCUT2D eigenvalue weighted by atomic mass is 10.0. The maximum Gasteiger partial charge on any atom is 0.287 e. The summed E-state index contributed by atoms with van der Waals surface area (Å²) >= 11 is 0. The first kappa shape index (κ1) is 16.3. The van der Waals surface area contributed by atoms with Gasteiger partial charge in [-0.2, -0.15) is 5.10 Å². The Labute approximate surface area is 130 Å². The van der Waals surface area contributed by atoms with Crippen LogP contribution in [0.15, 0.2) is 22.6 Å². The molecule has 2 heterocycles. The SMILES string of the molecule is Cc1cc(C)n(Cc2ccc(C(=O)NC(C)(C)CCO)o2)n1. The zero-order valence-electron chi connectivity index (χ0n) is 13.5. The van der Waals surface area contributed by atoms with Crippen LogP contribution in [0.3, 0.4) is 0 Å². The van der Waals surface area contributed by atoms with Gasteiger partial charge in [-0.05, 0) is 52.3 Å². The number of amides is 1. The Bertz CT molecular complexity index is 655. The minimum absolute atomic E-state index is 0.0224. The Morgan fingerprint density at radius 3 is 2.73 bits per heavy atom. The van der Waals surface area contributed by atoms with Gasteiger partial charge in [0.05, 0.1) is 12.2 Å². The number of aliphatic hydroxyl groups is 1. The van der Waals surface area contributed by atoms with Crippen molar-refractivity contribution in [3.05, 3.63) is 41.1 Å². The van der Waals surface area contributed by atoms with Gasteiger partial charge in [0.2, 0.25) is 0 Å². The minimum Gasteiger partial charge on any atom is -0.454 e. The second-order valence-corrected chi connectivity index (χ2v) is 6.16. The maximum absolute atomic E-state index is 12.2. The van der Waals surface area contributed by atoms with E-state index >= 15 is 0 Å². The molecule has 2 N–H and O–H groups in total. The fourth-order valence-corrected chi connectivity index (χ4v) is 2.28. The fourth-order valence-electron chi connectivity index (χ4n) is 2.28. The van der Waals surface area contributed by atoms with Crippen molar-refractivity contribution in [2.45, 2.75) is 46.2 Å². The van der Waals surface area contributed by atoms with Gasteiger partial charge in [0.15, 0.2) is 5.76 Å². The smallest absolute Gasteiger partial charge is 0.287 e. The van der Waals surface area contributed by atoms with E-state index in [1.165, 1.54) is 0 Å². The second kappa shape index (κ2) is 6.36. The molecule has 0 aliphatic rings. The van der Waals surface area contributed by atoms with Crippen molar-refractivity contribution in [1.82, 2.24) is 15.1 Å². The van der Waals surface area contributed by atoms with Crippen LogP contribution in [-0.4, -0.2) is 32.9 Å². The van der Waals surface area contributed by atoms with Gasteiger partial charge in [-0.15, -0.1) is 0 Å². The quantitative estimate of drug-likeness (QED) is 0.856. The molecule has 1 amide bonds. The Hall–Kier alpha value is -2.08. The van der Waals surface area contributed by atoms with Crippen LogP contribution in [0.25, 0.3) is 0 Å². The van der Waals surface area contributed by atoms with E-state index in [1.807, 2.05) is 38.4 Å². The fraction of sp³-hybridized carbons (Fsp3) is 0.500. The van der Waals surface area contributed by atoms with Crippen LogP contribution in [0.2, 0.25) is 0 Å². The van der Waals surface area contributed by atoms with Crippen LogP contribution in [0.5, 0.6) is 0 Å². The molecule has 0 spiro atoms. The molecule has 2 aromatic rings. The number of carbonyl (C=O) groups is 1. The van der Waals surface area contributed by atoms with Crippen molar-refractivity contribution in [2.75, 3.05) is 6.61 Å². The van der Waals surface area contributed by atoms with Gasteiger partial charge in [-0.1, -0.05) is 0 Å². The lowest BCUT2D eigenvalue weighted by Gasteiger charge is -2.24. The van der Waals surface area contributed by atoms with E-state index in [-0.39, 0.29) is 18.3 Å². The highest BCUT2D eigenvalue weighted by molar-refractivity contribution is 5.91. The number of rotatable bonds is 6. The molecule has 0 aliphatic carbocycles. The summed E-state index contributed by atoms with van der Waals surface area (Å²) in [4.78, 5) is 12.2. The van der Waals surface area contributed by atoms with Crippen molar-refractivity contribution >= 4 is 5.91 Å². The standard InChI is InChI=1S/C16H23N3O3/c1-11-9-12(2)19(18-11)10-13-5-6-14(22-13)15(21)17-16(3,4)7-8-20/h5-6,9,20H,7-8,10H2,1-4H3,(H,17,21). The number of furan rings is 1. The zero-order valence-corrected chi connectivity index (χ0v) is 13.5. The van der Waals surface area contributed by atoms with Crippen molar-refractivity contribution in [3.63, 3.8) is 0 Å². The third kappa shape index (κ3) is 3.98. The molecule has 0 bridgehead atoms. The van der Waals surface area contributed by atoms with E-state index in [0.29, 0.717) is 18.7 Å². The van der Waals surface area contributed by atoms with Gasteiger partial charge in [-0.3, -0.25) is 9.48 Å². The van der Waals surface area contributed by atoms with E-state index in [1.54, 1.807) is 12.1 Å². The monoisotopic (exact) mass is 305 g/mol. The van der Waals surface area contributed by atoms with Crippen molar-refractivity contribution in [2.24, 2.45) is 0 Å². The lowest BCUT2D eigenvalue weighted by molar-refractivity contribution is 0.0869. The molecule has 6 nitrogen and oxygen atoms in total. The van der Waals surface area contributed by atoms with Crippen LogP contribution in [0.4, 0.5) is 0 Å². The molecule has 0 atom stereocenters. The van der Waals surface area contributed by atoms with Gasteiger partial charge < -0.3 is 14.8 Å². The van der Waals surface area contributed by atoms with E-state index < -0.39 is 5.54 Å². The van der Waals surface area contributed by atoms with Gasteiger partial charge in [0.25, 0.3) is 5.91 Å². The molecular formula is C16H23N3O3. The predicted molar refractivity (Wildman–Crippen MR) is 82.8 cm³/mol. The number of nitrogens with one attached hydrogen (secondary N) is 1. The number of aryl methyl sites for hydroxylation is 2. The molecule has 0 aliphatic heterocycles. The number of aromatic nitrogens is 2. The summed E-state index contributed by atoms with van der Waals surface area (Å²) in [6, 6.07) is 5.43. The molecule has 0 unspecified atom stereocenters. The maximum atomic E-state index is 12.2. The Kier molecular flexibility index (Phi) is 4.71. The normalized spacial score (nSPS) is 11.7. The molecule has 0 saturated heterocycles. The first-order valence-electron chi connectivity index (χ1n) is 7.34. The molecule has 2 aromatic heterocycles. The zero-order chi connectivity index (χ0) is 16.3. The molecule has 6 heteroatoms. The Balaban J connectivity index is 2.05. The van der Waals surface area contributed by atoms with Crippen molar-refractivity contribution in [3.8, 4) is 0 Å². The van der Waals surface area contributed by atoms with E-state index in [4.69, 9.17) is 9.52 Å². The molecule has 0 aromatic carbocycles. The summed E-state index contributed by atoms with van der Waals surface area (Å²) in [6.07, 6.45) is 0.484. The van der Waals surface area contributed by atoms with E-state index in [2.05, 4.69) is 10.4 Å². The van der Waals surface area contributed by atoms with Gasteiger partial charge >= 0.3 is 0 Å². The average Bonchev–Trinajstić information content (AvgIpc) is 2.97. The molecule has 120 valence electrons. The van der Waals surface area contributed by atoms with Crippen molar-refractivity contribution < 1.29 is 14.3 Å². The first-order valence-corrected chi connectivity index (χ1v) is 7.34. The summed E-state index contributed by atoms with van der Waals surface area (Å²) in [5.74, 6) is 0.664. The highest BCUT2D eigenvalue weighted by atomic mass is 16.4. The van der Waals surface area contributed by atoms with Gasteiger partial charge in [-0.25, -0.2) is 0 Å². The molecule has 0 radical (unpaired) electrons. The summed E-state index contributed by atoms with van der Waals surface area (Å²) in [5, 5.41) is 16.2. The van der Waals surface area contributed by atoms with Crippen LogP contribution in [0.1, 0.15) is 48.0 Å². The molecule has 22 heavy (non-hydrogen) atoms. The van der Waals surface area contributed by atoms with E-state index in [9.17, 15) is 4.79 Å². The number of aliphatic hydroxyl groups excluding tert-OH is 1. The second-order valence-electron chi connectivity index (χ2n) is 6.16. The Morgan fingerprint density at radius 2 is 2.14 bits per heavy atom. The van der Waals surface area contributed by atoms with E-state index in [0.717, 1.165) is 11.4 Å². The lowest BCUT2D eigenvalue weighted by Crippen LogP contribution is -2.43. The van der Waals surface area contributed by atoms with Crippen LogP contribution >= 0.6 is 0 Å². The van der Waals surface area contributed by atoms with Crippen LogP contribution < -0.4 is 5.32 Å².